The number of hydrogen-bond donors (Lipinski definition) is 1. The topological polar surface area (TPSA) is 58.6 Å². The molecule has 2 aliphatic rings. The third kappa shape index (κ3) is 3.68. The number of benzene rings is 2. The number of nitrogens with one attached hydrogen (secondary N) is 1. The summed E-state index contributed by atoms with van der Waals surface area (Å²) in [6.07, 6.45) is 3.68. The largest absolute Gasteiger partial charge is 0.483 e. The number of ketones is 1. The van der Waals surface area contributed by atoms with E-state index in [-0.39, 0.29) is 18.3 Å². The molecule has 0 radical (unpaired) electrons. The van der Waals surface area contributed by atoms with Crippen molar-refractivity contribution in [1.29, 1.82) is 0 Å². The van der Waals surface area contributed by atoms with E-state index in [1.807, 2.05) is 25.1 Å². The average Bonchev–Trinajstić information content (AvgIpc) is 3.32. The molecule has 5 nitrogen and oxygen atoms in total. The SMILES string of the molecule is Cc1cc(N2CCCC2)ccc1NC(=O)COc1cccc2c1CCC2=O. The number of hydrogen-bond acceptors (Lipinski definition) is 4. The summed E-state index contributed by atoms with van der Waals surface area (Å²) in [7, 11) is 0. The van der Waals surface area contributed by atoms with E-state index < -0.39 is 0 Å². The van der Waals surface area contributed by atoms with Gasteiger partial charge in [0.05, 0.1) is 0 Å². The second kappa shape index (κ2) is 7.43. The van der Waals surface area contributed by atoms with Crippen LogP contribution in [0.5, 0.6) is 5.75 Å². The highest BCUT2D eigenvalue weighted by Gasteiger charge is 2.23. The van der Waals surface area contributed by atoms with Crippen LogP contribution in [0, 0.1) is 6.92 Å². The van der Waals surface area contributed by atoms with E-state index in [9.17, 15) is 9.59 Å². The van der Waals surface area contributed by atoms with Crippen molar-refractivity contribution in [3.05, 3.63) is 53.1 Å². The fraction of sp³-hybridized carbons (Fsp3) is 0.364. The lowest BCUT2D eigenvalue weighted by Gasteiger charge is -2.19. The number of fused-ring (bicyclic) bond motifs is 1. The lowest BCUT2D eigenvalue weighted by molar-refractivity contribution is -0.118. The Morgan fingerprint density at radius 3 is 2.74 bits per heavy atom. The lowest BCUT2D eigenvalue weighted by atomic mass is 10.1. The molecule has 4 rings (SSSR count). The first-order valence-corrected chi connectivity index (χ1v) is 9.55. The molecule has 27 heavy (non-hydrogen) atoms. The molecule has 1 aliphatic heterocycles. The maximum Gasteiger partial charge on any atom is 0.262 e. The van der Waals surface area contributed by atoms with Crippen LogP contribution in [-0.2, 0) is 11.2 Å². The predicted molar refractivity (Wildman–Crippen MR) is 106 cm³/mol. The van der Waals surface area contributed by atoms with E-state index in [2.05, 4.69) is 22.3 Å². The number of Topliss-reactive ketones (excluding diaryl/α,β-unsaturated/α-hetero) is 1. The second-order valence-corrected chi connectivity index (χ2v) is 7.24. The Kier molecular flexibility index (Phi) is 4.84. The van der Waals surface area contributed by atoms with Crippen molar-refractivity contribution in [1.82, 2.24) is 0 Å². The highest BCUT2D eigenvalue weighted by molar-refractivity contribution is 6.01. The molecule has 0 bridgehead atoms. The molecule has 2 aromatic carbocycles. The molecule has 1 fully saturated rings. The number of anilines is 2. The summed E-state index contributed by atoms with van der Waals surface area (Å²) in [5.41, 5.74) is 4.70. The number of carbonyl (C=O) groups excluding carboxylic acids is 2. The van der Waals surface area contributed by atoms with Crippen molar-refractivity contribution < 1.29 is 14.3 Å². The van der Waals surface area contributed by atoms with Crippen LogP contribution < -0.4 is 15.0 Å². The summed E-state index contributed by atoms with van der Waals surface area (Å²) >= 11 is 0. The summed E-state index contributed by atoms with van der Waals surface area (Å²) in [4.78, 5) is 26.5. The van der Waals surface area contributed by atoms with Crippen molar-refractivity contribution in [2.45, 2.75) is 32.6 Å². The van der Waals surface area contributed by atoms with Crippen LogP contribution in [0.4, 0.5) is 11.4 Å². The van der Waals surface area contributed by atoms with Gasteiger partial charge in [-0.1, -0.05) is 12.1 Å². The smallest absolute Gasteiger partial charge is 0.262 e. The van der Waals surface area contributed by atoms with E-state index in [1.54, 1.807) is 6.07 Å². The third-order valence-corrected chi connectivity index (χ3v) is 5.35. The molecule has 1 heterocycles. The Balaban J connectivity index is 1.38. The molecule has 0 aromatic heterocycles. The molecular weight excluding hydrogens is 340 g/mol. The third-order valence-electron chi connectivity index (χ3n) is 5.35. The van der Waals surface area contributed by atoms with Gasteiger partial charge in [-0.3, -0.25) is 9.59 Å². The highest BCUT2D eigenvalue weighted by Crippen LogP contribution is 2.30. The Labute approximate surface area is 159 Å². The second-order valence-electron chi connectivity index (χ2n) is 7.24. The van der Waals surface area contributed by atoms with Gasteiger partial charge in [-0.05, 0) is 56.0 Å². The van der Waals surface area contributed by atoms with Gasteiger partial charge in [-0.25, -0.2) is 0 Å². The molecular formula is C22H24N2O3. The van der Waals surface area contributed by atoms with Crippen LogP contribution in [0.25, 0.3) is 0 Å². The lowest BCUT2D eigenvalue weighted by Crippen LogP contribution is -2.21. The first kappa shape index (κ1) is 17.6. The number of amides is 1. The van der Waals surface area contributed by atoms with Gasteiger partial charge in [0.1, 0.15) is 5.75 Å². The van der Waals surface area contributed by atoms with Crippen LogP contribution >= 0.6 is 0 Å². The molecule has 0 spiro atoms. The van der Waals surface area contributed by atoms with Crippen molar-refractivity contribution in [2.24, 2.45) is 0 Å². The minimum absolute atomic E-state index is 0.0715. The summed E-state index contributed by atoms with van der Waals surface area (Å²) in [5.74, 6) is 0.581. The molecule has 1 aliphatic carbocycles. The van der Waals surface area contributed by atoms with Crippen LogP contribution in [0.2, 0.25) is 0 Å². The number of ether oxygens (including phenoxy) is 1. The maximum absolute atomic E-state index is 12.3. The summed E-state index contributed by atoms with van der Waals surface area (Å²) in [6.45, 7) is 4.13. The minimum Gasteiger partial charge on any atom is -0.483 e. The summed E-state index contributed by atoms with van der Waals surface area (Å²) < 4.78 is 5.70. The van der Waals surface area contributed by atoms with Crippen LogP contribution in [0.15, 0.2) is 36.4 Å². The van der Waals surface area contributed by atoms with Gasteiger partial charge in [0, 0.05) is 42.0 Å². The van der Waals surface area contributed by atoms with E-state index in [0.29, 0.717) is 18.6 Å². The molecule has 1 saturated heterocycles. The number of aryl methyl sites for hydroxylation is 1. The Bertz CT molecular complexity index is 885. The predicted octanol–water partition coefficient (Wildman–Crippen LogP) is 3.74. The fourth-order valence-corrected chi connectivity index (χ4v) is 3.88. The van der Waals surface area contributed by atoms with E-state index >= 15 is 0 Å². The first-order valence-electron chi connectivity index (χ1n) is 9.55. The van der Waals surface area contributed by atoms with E-state index in [0.717, 1.165) is 35.5 Å². The molecule has 0 saturated carbocycles. The number of carbonyl (C=O) groups is 2. The molecule has 5 heteroatoms. The standard InChI is InChI=1S/C22H24N2O3/c1-15-13-16(24-11-2-3-12-24)7-9-19(15)23-22(26)14-27-21-6-4-5-17-18(21)8-10-20(17)25/h4-7,9,13H,2-3,8,10-12,14H2,1H3,(H,23,26). The van der Waals surface area contributed by atoms with Crippen LogP contribution in [0.1, 0.15) is 40.7 Å². The number of nitrogens with zero attached hydrogens (tertiary/aromatic N) is 1. The molecule has 2 aromatic rings. The Morgan fingerprint density at radius 2 is 1.96 bits per heavy atom. The normalized spacial score (nSPS) is 15.7. The van der Waals surface area contributed by atoms with Gasteiger partial charge in [0.15, 0.2) is 12.4 Å². The van der Waals surface area contributed by atoms with Crippen LogP contribution in [-0.4, -0.2) is 31.4 Å². The van der Waals surface area contributed by atoms with Crippen molar-refractivity contribution in [3.63, 3.8) is 0 Å². The molecule has 1 amide bonds. The zero-order valence-electron chi connectivity index (χ0n) is 15.6. The van der Waals surface area contributed by atoms with Gasteiger partial charge >= 0.3 is 0 Å². The maximum atomic E-state index is 12.3. The summed E-state index contributed by atoms with van der Waals surface area (Å²) in [5, 5.41) is 2.93. The van der Waals surface area contributed by atoms with Gasteiger partial charge in [-0.2, -0.15) is 0 Å². The number of rotatable bonds is 5. The molecule has 1 N–H and O–H groups in total. The highest BCUT2D eigenvalue weighted by atomic mass is 16.5. The fourth-order valence-electron chi connectivity index (χ4n) is 3.88. The average molecular weight is 364 g/mol. The molecule has 0 atom stereocenters. The Hall–Kier alpha value is -2.82. The quantitative estimate of drug-likeness (QED) is 0.878. The molecule has 140 valence electrons. The first-order chi connectivity index (χ1) is 13.1. The monoisotopic (exact) mass is 364 g/mol. The van der Waals surface area contributed by atoms with Crippen molar-refractivity contribution >= 4 is 23.1 Å². The zero-order valence-corrected chi connectivity index (χ0v) is 15.6. The van der Waals surface area contributed by atoms with E-state index in [4.69, 9.17) is 4.74 Å². The van der Waals surface area contributed by atoms with Crippen molar-refractivity contribution in [3.8, 4) is 5.75 Å². The molecule has 0 unspecified atom stereocenters. The van der Waals surface area contributed by atoms with Gasteiger partial charge < -0.3 is 15.0 Å². The van der Waals surface area contributed by atoms with Gasteiger partial charge in [-0.15, -0.1) is 0 Å². The summed E-state index contributed by atoms with van der Waals surface area (Å²) in [6, 6.07) is 11.6. The van der Waals surface area contributed by atoms with Gasteiger partial charge in [0.25, 0.3) is 5.91 Å². The van der Waals surface area contributed by atoms with Crippen LogP contribution in [0.3, 0.4) is 0 Å². The van der Waals surface area contributed by atoms with E-state index in [1.165, 1.54) is 18.5 Å². The zero-order chi connectivity index (χ0) is 18.8. The minimum atomic E-state index is -0.200. The van der Waals surface area contributed by atoms with Gasteiger partial charge in [0.2, 0.25) is 0 Å². The van der Waals surface area contributed by atoms with Crippen molar-refractivity contribution in [2.75, 3.05) is 29.9 Å². The Morgan fingerprint density at radius 1 is 1.15 bits per heavy atom.